The van der Waals surface area contributed by atoms with Crippen LogP contribution in [0, 0.1) is 5.92 Å². The van der Waals surface area contributed by atoms with Gasteiger partial charge < -0.3 is 10.3 Å². The number of H-pyrrole nitrogens is 1. The molecule has 2 aromatic heterocycles. The lowest BCUT2D eigenvalue weighted by Crippen LogP contribution is -2.28. The smallest absolute Gasteiger partial charge is 0.227 e. The van der Waals surface area contributed by atoms with Gasteiger partial charge >= 0.3 is 0 Å². The van der Waals surface area contributed by atoms with E-state index >= 15 is 0 Å². The largest absolute Gasteiger partial charge is 0.345 e. The fourth-order valence-electron chi connectivity index (χ4n) is 2.58. The summed E-state index contributed by atoms with van der Waals surface area (Å²) in [5.41, 5.74) is 3.19. The molecule has 1 amide bonds. The Bertz CT molecular complexity index is 601. The molecule has 1 aliphatic rings. The third kappa shape index (κ3) is 2.63. The highest BCUT2D eigenvalue weighted by Gasteiger charge is 2.27. The van der Waals surface area contributed by atoms with Crippen molar-refractivity contribution in [3.63, 3.8) is 0 Å². The first kappa shape index (κ1) is 13.4. The van der Waals surface area contributed by atoms with E-state index in [1.807, 2.05) is 16.8 Å². The Morgan fingerprint density at radius 2 is 2.40 bits per heavy atom. The molecule has 0 unspecified atom stereocenters. The lowest BCUT2D eigenvalue weighted by molar-refractivity contribution is -0.120. The minimum atomic E-state index is 0.0443. The van der Waals surface area contributed by atoms with E-state index in [0.717, 1.165) is 42.2 Å². The zero-order valence-corrected chi connectivity index (χ0v) is 12.6. The minimum Gasteiger partial charge on any atom is -0.345 e. The lowest BCUT2D eigenvalue weighted by Gasteiger charge is -2.20. The lowest BCUT2D eigenvalue weighted by atomic mass is 9.89. The molecule has 0 aromatic carbocycles. The predicted octanol–water partition coefficient (Wildman–Crippen LogP) is 3.34. The zero-order chi connectivity index (χ0) is 14.1. The summed E-state index contributed by atoms with van der Waals surface area (Å²) in [4.78, 5) is 20.3. The molecule has 0 saturated carbocycles. The number of amides is 1. The third-order valence-electron chi connectivity index (χ3n) is 3.77. The number of fused-ring (bicyclic) bond motifs is 1. The van der Waals surface area contributed by atoms with Gasteiger partial charge in [-0.1, -0.05) is 13.8 Å². The number of nitrogens with one attached hydrogen (secondary N) is 2. The number of carbonyl (C=O) groups is 1. The Hall–Kier alpha value is -1.62. The normalized spacial score (nSPS) is 18.1. The van der Waals surface area contributed by atoms with E-state index in [-0.39, 0.29) is 11.8 Å². The molecule has 0 spiro atoms. The number of rotatable bonds is 3. The average molecular weight is 289 g/mol. The minimum absolute atomic E-state index is 0.0443. The molecule has 4 nitrogen and oxygen atoms in total. The summed E-state index contributed by atoms with van der Waals surface area (Å²) in [5, 5.41) is 6.92. The first-order chi connectivity index (χ1) is 9.63. The van der Waals surface area contributed by atoms with Gasteiger partial charge in [0.1, 0.15) is 5.82 Å². The van der Waals surface area contributed by atoms with Gasteiger partial charge in [-0.15, -0.1) is 0 Å². The molecule has 1 aliphatic carbocycles. The highest BCUT2D eigenvalue weighted by molar-refractivity contribution is 7.08. The van der Waals surface area contributed by atoms with Crippen LogP contribution in [0.15, 0.2) is 16.8 Å². The van der Waals surface area contributed by atoms with Crippen LogP contribution in [0.3, 0.4) is 0 Å². The van der Waals surface area contributed by atoms with Crippen molar-refractivity contribution in [2.45, 2.75) is 39.0 Å². The molecule has 106 valence electrons. The first-order valence-electron chi connectivity index (χ1n) is 7.04. The average Bonchev–Trinajstić information content (AvgIpc) is 3.05. The van der Waals surface area contributed by atoms with Crippen molar-refractivity contribution < 1.29 is 4.79 Å². The van der Waals surface area contributed by atoms with Gasteiger partial charge in [0.05, 0.1) is 11.4 Å². The highest BCUT2D eigenvalue weighted by Crippen LogP contribution is 2.27. The topological polar surface area (TPSA) is 57.8 Å². The van der Waals surface area contributed by atoms with Crippen molar-refractivity contribution in [1.82, 2.24) is 9.97 Å². The summed E-state index contributed by atoms with van der Waals surface area (Å²) in [5.74, 6) is 1.60. The van der Waals surface area contributed by atoms with Gasteiger partial charge in [0.2, 0.25) is 5.91 Å². The molecule has 0 bridgehead atoms. The van der Waals surface area contributed by atoms with E-state index in [2.05, 4.69) is 29.1 Å². The maximum absolute atomic E-state index is 12.3. The van der Waals surface area contributed by atoms with Crippen LogP contribution in [0.1, 0.15) is 43.4 Å². The van der Waals surface area contributed by atoms with E-state index < -0.39 is 0 Å². The van der Waals surface area contributed by atoms with E-state index in [4.69, 9.17) is 0 Å². The summed E-state index contributed by atoms with van der Waals surface area (Å²) >= 11 is 1.59. The number of hydrogen-bond acceptors (Lipinski definition) is 3. The van der Waals surface area contributed by atoms with Crippen LogP contribution in [0.25, 0.3) is 0 Å². The number of thiophene rings is 1. The molecule has 0 fully saturated rings. The fraction of sp³-hybridized carbons (Fsp3) is 0.467. The molecule has 2 N–H and O–H groups in total. The van der Waals surface area contributed by atoms with Crippen molar-refractivity contribution in [3.05, 3.63) is 34.0 Å². The van der Waals surface area contributed by atoms with Gasteiger partial charge in [0, 0.05) is 29.3 Å². The number of nitrogens with zero attached hydrogens (tertiary/aromatic N) is 1. The Kier molecular flexibility index (Phi) is 3.61. The molecule has 0 radical (unpaired) electrons. The highest BCUT2D eigenvalue weighted by atomic mass is 32.1. The predicted molar refractivity (Wildman–Crippen MR) is 81.1 cm³/mol. The monoisotopic (exact) mass is 289 g/mol. The van der Waals surface area contributed by atoms with Crippen LogP contribution < -0.4 is 5.32 Å². The quantitative estimate of drug-likeness (QED) is 0.910. The second-order valence-electron chi connectivity index (χ2n) is 5.64. The number of anilines is 1. The summed E-state index contributed by atoms with van der Waals surface area (Å²) in [6.45, 7) is 4.26. The van der Waals surface area contributed by atoms with Crippen LogP contribution in [-0.2, 0) is 17.6 Å². The molecule has 0 aliphatic heterocycles. The molecule has 2 aromatic rings. The molecule has 20 heavy (non-hydrogen) atoms. The third-order valence-corrected chi connectivity index (χ3v) is 4.45. The van der Waals surface area contributed by atoms with E-state index in [9.17, 15) is 4.79 Å². The molecule has 0 saturated heterocycles. The Morgan fingerprint density at radius 3 is 3.10 bits per heavy atom. The zero-order valence-electron chi connectivity index (χ0n) is 11.8. The SMILES string of the molecule is CC(C)c1nc2c([nH]1)C[C@@H](C(=O)Nc1ccsc1)CC2. The number of aromatic amines is 1. The molecular weight excluding hydrogens is 270 g/mol. The number of carbonyl (C=O) groups excluding carboxylic acids is 1. The summed E-state index contributed by atoms with van der Waals surface area (Å²) in [6, 6.07) is 1.93. The van der Waals surface area contributed by atoms with E-state index in [0.29, 0.717) is 5.92 Å². The van der Waals surface area contributed by atoms with Gasteiger partial charge in [0.15, 0.2) is 0 Å². The molecule has 1 atom stereocenters. The second kappa shape index (κ2) is 5.40. The van der Waals surface area contributed by atoms with E-state index in [1.165, 1.54) is 0 Å². The second-order valence-corrected chi connectivity index (χ2v) is 6.42. The van der Waals surface area contributed by atoms with Gasteiger partial charge in [-0.05, 0) is 24.3 Å². The van der Waals surface area contributed by atoms with Crippen LogP contribution in [0.2, 0.25) is 0 Å². The van der Waals surface area contributed by atoms with Crippen molar-refractivity contribution in [1.29, 1.82) is 0 Å². The van der Waals surface area contributed by atoms with Crippen LogP contribution in [0.5, 0.6) is 0 Å². The van der Waals surface area contributed by atoms with Gasteiger partial charge in [-0.3, -0.25) is 4.79 Å². The molecular formula is C15H19N3OS. The van der Waals surface area contributed by atoms with Gasteiger partial charge in [-0.25, -0.2) is 4.98 Å². The van der Waals surface area contributed by atoms with Gasteiger partial charge in [-0.2, -0.15) is 11.3 Å². The molecule has 5 heteroatoms. The van der Waals surface area contributed by atoms with Crippen LogP contribution >= 0.6 is 11.3 Å². The van der Waals surface area contributed by atoms with Crippen LogP contribution in [-0.4, -0.2) is 15.9 Å². The van der Waals surface area contributed by atoms with Crippen molar-refractivity contribution in [2.75, 3.05) is 5.32 Å². The number of aryl methyl sites for hydroxylation is 1. The van der Waals surface area contributed by atoms with Crippen molar-refractivity contribution in [3.8, 4) is 0 Å². The number of hydrogen-bond donors (Lipinski definition) is 2. The van der Waals surface area contributed by atoms with Crippen molar-refractivity contribution >= 4 is 22.9 Å². The molecule has 3 rings (SSSR count). The van der Waals surface area contributed by atoms with Crippen LogP contribution in [0.4, 0.5) is 5.69 Å². The summed E-state index contributed by atoms with van der Waals surface area (Å²) in [6.07, 6.45) is 2.54. The number of imidazole rings is 1. The summed E-state index contributed by atoms with van der Waals surface area (Å²) in [7, 11) is 0. The Morgan fingerprint density at radius 1 is 1.55 bits per heavy atom. The maximum Gasteiger partial charge on any atom is 0.227 e. The van der Waals surface area contributed by atoms with Gasteiger partial charge in [0.25, 0.3) is 0 Å². The number of aromatic nitrogens is 2. The maximum atomic E-state index is 12.3. The van der Waals surface area contributed by atoms with Crippen molar-refractivity contribution in [2.24, 2.45) is 5.92 Å². The van der Waals surface area contributed by atoms with E-state index in [1.54, 1.807) is 11.3 Å². The fourth-order valence-corrected chi connectivity index (χ4v) is 3.17. The summed E-state index contributed by atoms with van der Waals surface area (Å²) < 4.78 is 0. The Balaban J connectivity index is 1.70. The standard InChI is InChI=1S/C15H19N3OS/c1-9(2)14-17-12-4-3-10(7-13(12)18-14)15(19)16-11-5-6-20-8-11/h5-6,8-10H,3-4,7H2,1-2H3,(H,16,19)(H,17,18)/t10-/m0/s1. The Labute approximate surface area is 122 Å². The first-order valence-corrected chi connectivity index (χ1v) is 7.98. The molecule has 2 heterocycles.